The lowest BCUT2D eigenvalue weighted by Crippen LogP contribution is -2.28. The van der Waals surface area contributed by atoms with Crippen molar-refractivity contribution in [3.63, 3.8) is 0 Å². The van der Waals surface area contributed by atoms with Gasteiger partial charge in [-0.15, -0.1) is 0 Å². The smallest absolute Gasteiger partial charge is 0.262 e. The van der Waals surface area contributed by atoms with E-state index in [2.05, 4.69) is 26.3 Å². The van der Waals surface area contributed by atoms with Gasteiger partial charge in [0.15, 0.2) is 6.61 Å². The van der Waals surface area contributed by atoms with Crippen LogP contribution in [-0.2, 0) is 14.4 Å². The fraction of sp³-hybridized carbons (Fsp3) is 0.250. The van der Waals surface area contributed by atoms with Gasteiger partial charge in [-0.25, -0.2) is 4.39 Å². The Morgan fingerprint density at radius 1 is 1.15 bits per heavy atom. The van der Waals surface area contributed by atoms with Crippen molar-refractivity contribution in [2.45, 2.75) is 6.42 Å². The molecule has 4 atom stereocenters. The third-order valence-corrected chi connectivity index (χ3v) is 6.81. The normalized spacial score (nSPS) is 25.2. The molecule has 1 heterocycles. The Morgan fingerprint density at radius 3 is 2.55 bits per heavy atom. The number of halogens is 2. The van der Waals surface area contributed by atoms with Gasteiger partial charge in [-0.2, -0.15) is 10.1 Å². The van der Waals surface area contributed by atoms with Gasteiger partial charge in [0.1, 0.15) is 11.6 Å². The zero-order chi connectivity index (χ0) is 23.1. The summed E-state index contributed by atoms with van der Waals surface area (Å²) in [7, 11) is 0. The van der Waals surface area contributed by atoms with Crippen LogP contribution in [-0.4, -0.2) is 35.6 Å². The third kappa shape index (κ3) is 4.08. The summed E-state index contributed by atoms with van der Waals surface area (Å²) in [4.78, 5) is 37.4. The number of hydrogen-bond acceptors (Lipinski definition) is 5. The summed E-state index contributed by atoms with van der Waals surface area (Å²) in [5.41, 5.74) is 0.991. The second kappa shape index (κ2) is 8.55. The number of carbonyl (C=O) groups is 3. The molecule has 0 unspecified atom stereocenters. The van der Waals surface area contributed by atoms with E-state index in [0.717, 1.165) is 11.4 Å². The van der Waals surface area contributed by atoms with Gasteiger partial charge in [0.25, 0.3) is 17.7 Å². The van der Waals surface area contributed by atoms with Crippen LogP contribution in [0.1, 0.15) is 12.0 Å². The lowest BCUT2D eigenvalue weighted by molar-refractivity contribution is -0.140. The number of hydrogen-bond donors (Lipinski definition) is 1. The highest BCUT2D eigenvalue weighted by atomic mass is 79.9. The van der Waals surface area contributed by atoms with Crippen LogP contribution in [0.4, 0.5) is 10.1 Å². The Balaban J connectivity index is 1.20. The number of allylic oxidation sites excluding steroid dienone is 2. The van der Waals surface area contributed by atoms with Crippen LogP contribution < -0.4 is 10.1 Å². The number of carbonyl (C=O) groups excluding carboxylic acids is 3. The third-order valence-electron chi connectivity index (χ3n) is 6.19. The number of nitrogens with one attached hydrogen (secondary N) is 1. The molecule has 0 radical (unpaired) electrons. The van der Waals surface area contributed by atoms with Crippen LogP contribution in [0.25, 0.3) is 0 Å². The maximum atomic E-state index is 13.2. The number of amides is 3. The van der Waals surface area contributed by atoms with Crippen molar-refractivity contribution in [2.75, 3.05) is 11.9 Å². The number of fused-ring (bicyclic) bond motifs is 5. The van der Waals surface area contributed by atoms with Crippen LogP contribution in [0.2, 0.25) is 0 Å². The summed E-state index contributed by atoms with van der Waals surface area (Å²) in [6.45, 7) is -0.265. The minimum Gasteiger partial charge on any atom is -0.483 e. The average molecular weight is 512 g/mol. The molecule has 0 spiro atoms. The summed E-state index contributed by atoms with van der Waals surface area (Å²) >= 11 is 3.39. The van der Waals surface area contributed by atoms with Crippen molar-refractivity contribution in [3.8, 4) is 5.75 Å². The molecule has 1 aliphatic heterocycles. The highest BCUT2D eigenvalue weighted by molar-refractivity contribution is 9.10. The molecule has 33 heavy (non-hydrogen) atoms. The van der Waals surface area contributed by atoms with Gasteiger partial charge >= 0.3 is 0 Å². The SMILES string of the molecule is O=C(COc1ccc(C=NN2C(=O)[C@@H]3[C@H](C2=O)[C@H]2C=C[C@H]3C2)cc1Br)Nc1cccc(F)c1. The first kappa shape index (κ1) is 21.5. The molecule has 3 amide bonds. The lowest BCUT2D eigenvalue weighted by Gasteiger charge is -2.13. The second-order valence-corrected chi connectivity index (χ2v) is 9.12. The molecule has 2 aromatic carbocycles. The van der Waals surface area contributed by atoms with Gasteiger partial charge < -0.3 is 10.1 Å². The standard InChI is InChI=1S/C24H19BrFN3O4/c25-18-8-13(4-7-19(18)33-12-20(30)28-17-3-1-2-16(26)10-17)11-27-29-23(31)21-14-5-6-15(9-14)22(21)24(29)32/h1-8,10-11,14-15,21-22H,9,12H2,(H,28,30)/t14-,15-,21-,22+/m0/s1. The molecule has 2 aliphatic carbocycles. The molecule has 1 N–H and O–H groups in total. The van der Waals surface area contributed by atoms with Crippen molar-refractivity contribution in [1.82, 2.24) is 5.01 Å². The fourth-order valence-electron chi connectivity index (χ4n) is 4.75. The van der Waals surface area contributed by atoms with Gasteiger partial charge in [-0.3, -0.25) is 14.4 Å². The Morgan fingerprint density at radius 2 is 1.88 bits per heavy atom. The zero-order valence-corrected chi connectivity index (χ0v) is 18.9. The van der Waals surface area contributed by atoms with E-state index < -0.39 is 11.7 Å². The summed E-state index contributed by atoms with van der Waals surface area (Å²) in [6.07, 6.45) is 6.41. The summed E-state index contributed by atoms with van der Waals surface area (Å²) in [6, 6.07) is 10.6. The Kier molecular flexibility index (Phi) is 5.57. The number of anilines is 1. The fourth-order valence-corrected chi connectivity index (χ4v) is 5.26. The first-order valence-corrected chi connectivity index (χ1v) is 11.3. The number of ether oxygens (including phenoxy) is 1. The van der Waals surface area contributed by atoms with Crippen molar-refractivity contribution >= 4 is 45.6 Å². The minimum atomic E-state index is -0.446. The molecule has 7 nitrogen and oxygen atoms in total. The van der Waals surface area contributed by atoms with E-state index in [0.29, 0.717) is 21.5 Å². The van der Waals surface area contributed by atoms with Crippen LogP contribution in [0.15, 0.2) is 64.2 Å². The Labute approximate surface area is 197 Å². The van der Waals surface area contributed by atoms with E-state index in [9.17, 15) is 18.8 Å². The van der Waals surface area contributed by atoms with E-state index in [1.807, 2.05) is 12.2 Å². The summed E-state index contributed by atoms with van der Waals surface area (Å²) in [5, 5.41) is 7.71. The maximum absolute atomic E-state index is 13.2. The maximum Gasteiger partial charge on any atom is 0.262 e. The van der Waals surface area contributed by atoms with Crippen molar-refractivity contribution in [2.24, 2.45) is 28.8 Å². The second-order valence-electron chi connectivity index (χ2n) is 8.27. The van der Waals surface area contributed by atoms with Crippen LogP contribution >= 0.6 is 15.9 Å². The zero-order valence-electron chi connectivity index (χ0n) is 17.3. The molecule has 3 aliphatic rings. The molecule has 5 rings (SSSR count). The topological polar surface area (TPSA) is 88.1 Å². The van der Waals surface area contributed by atoms with Crippen molar-refractivity contribution in [1.29, 1.82) is 0 Å². The molecular weight excluding hydrogens is 493 g/mol. The first-order chi connectivity index (χ1) is 15.9. The van der Waals surface area contributed by atoms with E-state index in [-0.39, 0.29) is 42.1 Å². The average Bonchev–Trinajstić information content (AvgIpc) is 3.46. The monoisotopic (exact) mass is 511 g/mol. The van der Waals surface area contributed by atoms with Crippen molar-refractivity contribution < 1.29 is 23.5 Å². The lowest BCUT2D eigenvalue weighted by atomic mass is 9.85. The predicted octanol–water partition coefficient (Wildman–Crippen LogP) is 3.75. The van der Waals surface area contributed by atoms with E-state index in [4.69, 9.17) is 4.74 Å². The molecular formula is C24H19BrFN3O4. The highest BCUT2D eigenvalue weighted by Gasteiger charge is 2.59. The van der Waals surface area contributed by atoms with Gasteiger partial charge in [0.2, 0.25) is 0 Å². The Hall–Kier alpha value is -3.33. The molecule has 2 aromatic rings. The van der Waals surface area contributed by atoms with Crippen LogP contribution in [0.3, 0.4) is 0 Å². The predicted molar refractivity (Wildman–Crippen MR) is 122 cm³/mol. The molecule has 2 bridgehead atoms. The molecule has 1 saturated heterocycles. The number of nitrogens with zero attached hydrogens (tertiary/aromatic N) is 2. The largest absolute Gasteiger partial charge is 0.483 e. The van der Waals surface area contributed by atoms with E-state index in [1.54, 1.807) is 24.3 Å². The summed E-state index contributed by atoms with van der Waals surface area (Å²) in [5.74, 6) is -1.22. The quantitative estimate of drug-likeness (QED) is 0.363. The molecule has 2 fully saturated rings. The van der Waals surface area contributed by atoms with Gasteiger partial charge in [0, 0.05) is 5.69 Å². The molecule has 9 heteroatoms. The van der Waals surface area contributed by atoms with E-state index in [1.165, 1.54) is 24.4 Å². The van der Waals surface area contributed by atoms with Crippen LogP contribution in [0, 0.1) is 29.5 Å². The van der Waals surface area contributed by atoms with E-state index >= 15 is 0 Å². The number of benzene rings is 2. The molecule has 168 valence electrons. The number of imide groups is 1. The molecule has 1 saturated carbocycles. The number of hydrazone groups is 1. The van der Waals surface area contributed by atoms with Gasteiger partial charge in [0.05, 0.1) is 22.5 Å². The summed E-state index contributed by atoms with van der Waals surface area (Å²) < 4.78 is 19.3. The van der Waals surface area contributed by atoms with Crippen molar-refractivity contribution in [3.05, 3.63) is 70.5 Å². The van der Waals surface area contributed by atoms with Gasteiger partial charge in [-0.1, -0.05) is 18.2 Å². The molecule has 0 aromatic heterocycles. The highest BCUT2D eigenvalue weighted by Crippen LogP contribution is 2.52. The van der Waals surface area contributed by atoms with Crippen LogP contribution in [0.5, 0.6) is 5.75 Å². The minimum absolute atomic E-state index is 0.139. The van der Waals surface area contributed by atoms with Gasteiger partial charge in [-0.05, 0) is 76.1 Å². The Bertz CT molecular complexity index is 1180. The first-order valence-electron chi connectivity index (χ1n) is 10.5. The number of rotatable bonds is 6.